The van der Waals surface area contributed by atoms with Crippen LogP contribution in [0.1, 0.15) is 41.8 Å². The normalized spacial score (nSPS) is 16.3. The molecule has 2 amide bonds. The standard InChI is InChI=1S/C25H24N4O2S/c30-25(26-22(18-9-3-1-4-10-18)19-11-5-2-6-12-19)29-15-7-13-20(17-29)23-27-28-24(31-23)21-14-8-16-32-21/h1-6,8-12,14,16,20,22H,7,13,15,17H2,(H,26,30). The summed E-state index contributed by atoms with van der Waals surface area (Å²) in [5.41, 5.74) is 2.11. The molecule has 4 aromatic rings. The van der Waals surface area contributed by atoms with Gasteiger partial charge >= 0.3 is 6.03 Å². The Morgan fingerprint density at radius 1 is 1.00 bits per heavy atom. The molecule has 5 rings (SSSR count). The van der Waals surface area contributed by atoms with Crippen molar-refractivity contribution in [3.8, 4) is 10.8 Å². The van der Waals surface area contributed by atoms with Gasteiger partial charge in [0.2, 0.25) is 5.89 Å². The van der Waals surface area contributed by atoms with Crippen molar-refractivity contribution in [2.24, 2.45) is 0 Å². The van der Waals surface area contributed by atoms with Gasteiger partial charge in [0.25, 0.3) is 5.89 Å². The molecule has 0 radical (unpaired) electrons. The van der Waals surface area contributed by atoms with E-state index in [-0.39, 0.29) is 18.0 Å². The Kier molecular flexibility index (Phi) is 5.98. The molecule has 1 aliphatic rings. The Morgan fingerprint density at radius 3 is 2.38 bits per heavy atom. The van der Waals surface area contributed by atoms with E-state index in [1.807, 2.05) is 83.1 Å². The summed E-state index contributed by atoms with van der Waals surface area (Å²) in [4.78, 5) is 16.1. The van der Waals surface area contributed by atoms with Crippen LogP contribution >= 0.6 is 11.3 Å². The lowest BCUT2D eigenvalue weighted by Crippen LogP contribution is -2.46. The lowest BCUT2D eigenvalue weighted by Gasteiger charge is -2.32. The molecule has 3 heterocycles. The van der Waals surface area contributed by atoms with Crippen molar-refractivity contribution in [1.82, 2.24) is 20.4 Å². The average Bonchev–Trinajstić information content (AvgIpc) is 3.56. The zero-order valence-corrected chi connectivity index (χ0v) is 18.4. The first-order chi connectivity index (χ1) is 15.8. The SMILES string of the molecule is O=C(NC(c1ccccc1)c1ccccc1)N1CCCC(c2nnc(-c3cccs3)o2)C1. The number of likely N-dealkylation sites (tertiary alicyclic amines) is 1. The van der Waals surface area contributed by atoms with Gasteiger partial charge in [0.15, 0.2) is 0 Å². The fourth-order valence-electron chi connectivity index (χ4n) is 4.13. The molecule has 0 spiro atoms. The fourth-order valence-corrected chi connectivity index (χ4v) is 4.77. The van der Waals surface area contributed by atoms with Crippen LogP contribution in [0.2, 0.25) is 0 Å². The van der Waals surface area contributed by atoms with Gasteiger partial charge in [0, 0.05) is 13.1 Å². The maximum Gasteiger partial charge on any atom is 0.318 e. The van der Waals surface area contributed by atoms with Crippen LogP contribution < -0.4 is 5.32 Å². The number of rotatable bonds is 5. The molecule has 2 aromatic carbocycles. The highest BCUT2D eigenvalue weighted by molar-refractivity contribution is 7.13. The van der Waals surface area contributed by atoms with E-state index in [2.05, 4.69) is 15.5 Å². The minimum Gasteiger partial charge on any atom is -0.420 e. The number of benzene rings is 2. The second kappa shape index (κ2) is 9.36. The Balaban J connectivity index is 1.31. The van der Waals surface area contributed by atoms with Gasteiger partial charge in [-0.3, -0.25) is 0 Å². The molecular formula is C25H24N4O2S. The molecule has 162 valence electrons. The number of nitrogens with one attached hydrogen (secondary N) is 1. The molecule has 0 saturated carbocycles. The summed E-state index contributed by atoms with van der Waals surface area (Å²) in [6.07, 6.45) is 1.83. The third-order valence-electron chi connectivity index (χ3n) is 5.76. The van der Waals surface area contributed by atoms with E-state index < -0.39 is 0 Å². The Bertz CT molecular complexity index is 1110. The van der Waals surface area contributed by atoms with Crippen molar-refractivity contribution < 1.29 is 9.21 Å². The van der Waals surface area contributed by atoms with Gasteiger partial charge in [0.1, 0.15) is 0 Å². The molecule has 1 aliphatic heterocycles. The monoisotopic (exact) mass is 444 g/mol. The number of hydrogen-bond acceptors (Lipinski definition) is 5. The average molecular weight is 445 g/mol. The van der Waals surface area contributed by atoms with Crippen LogP contribution in [0.4, 0.5) is 4.79 Å². The van der Waals surface area contributed by atoms with E-state index in [1.54, 1.807) is 11.3 Å². The van der Waals surface area contributed by atoms with Crippen LogP contribution in [-0.4, -0.2) is 34.2 Å². The van der Waals surface area contributed by atoms with E-state index in [4.69, 9.17) is 4.42 Å². The van der Waals surface area contributed by atoms with Crippen LogP contribution in [0.15, 0.2) is 82.6 Å². The van der Waals surface area contributed by atoms with Crippen molar-refractivity contribution in [3.05, 3.63) is 95.2 Å². The predicted octanol–water partition coefficient (Wildman–Crippen LogP) is 5.48. The van der Waals surface area contributed by atoms with Gasteiger partial charge in [-0.25, -0.2) is 4.79 Å². The van der Waals surface area contributed by atoms with Gasteiger partial charge in [0.05, 0.1) is 16.8 Å². The highest BCUT2D eigenvalue weighted by atomic mass is 32.1. The van der Waals surface area contributed by atoms with Crippen LogP contribution in [0, 0.1) is 0 Å². The molecule has 6 nitrogen and oxygen atoms in total. The van der Waals surface area contributed by atoms with Gasteiger partial charge in [-0.2, -0.15) is 0 Å². The number of amides is 2. The second-order valence-corrected chi connectivity index (χ2v) is 8.86. The summed E-state index contributed by atoms with van der Waals surface area (Å²) >= 11 is 1.57. The van der Waals surface area contributed by atoms with Crippen LogP contribution in [0.3, 0.4) is 0 Å². The quantitative estimate of drug-likeness (QED) is 0.443. The molecule has 32 heavy (non-hydrogen) atoms. The maximum absolute atomic E-state index is 13.3. The first kappa shape index (κ1) is 20.5. The molecule has 2 aromatic heterocycles. The highest BCUT2D eigenvalue weighted by Gasteiger charge is 2.30. The first-order valence-corrected chi connectivity index (χ1v) is 11.7. The van der Waals surface area contributed by atoms with E-state index in [0.29, 0.717) is 24.9 Å². The molecule has 1 saturated heterocycles. The smallest absolute Gasteiger partial charge is 0.318 e. The van der Waals surface area contributed by atoms with Gasteiger partial charge in [-0.05, 0) is 35.4 Å². The molecule has 1 N–H and O–H groups in total. The third kappa shape index (κ3) is 4.43. The minimum absolute atomic E-state index is 0.0441. The van der Waals surface area contributed by atoms with E-state index in [1.165, 1.54) is 0 Å². The zero-order valence-electron chi connectivity index (χ0n) is 17.6. The first-order valence-electron chi connectivity index (χ1n) is 10.8. The summed E-state index contributed by atoms with van der Waals surface area (Å²) in [7, 11) is 0. The number of nitrogens with zero attached hydrogens (tertiary/aromatic N) is 3. The maximum atomic E-state index is 13.3. The van der Waals surface area contributed by atoms with Crippen molar-refractivity contribution >= 4 is 17.4 Å². The third-order valence-corrected chi connectivity index (χ3v) is 6.62. The Hall–Kier alpha value is -3.45. The van der Waals surface area contributed by atoms with Crippen molar-refractivity contribution in [2.75, 3.05) is 13.1 Å². The van der Waals surface area contributed by atoms with E-state index in [9.17, 15) is 4.79 Å². The fraction of sp³-hybridized carbons (Fsp3) is 0.240. The largest absolute Gasteiger partial charge is 0.420 e. The topological polar surface area (TPSA) is 71.3 Å². The van der Waals surface area contributed by atoms with Crippen molar-refractivity contribution in [1.29, 1.82) is 0 Å². The summed E-state index contributed by atoms with van der Waals surface area (Å²) in [5, 5.41) is 13.7. The van der Waals surface area contributed by atoms with Crippen LogP contribution in [0.5, 0.6) is 0 Å². The number of carbonyl (C=O) groups excluding carboxylic acids is 1. The highest BCUT2D eigenvalue weighted by Crippen LogP contribution is 2.30. The second-order valence-electron chi connectivity index (χ2n) is 7.91. The predicted molar refractivity (Wildman–Crippen MR) is 124 cm³/mol. The summed E-state index contributed by atoms with van der Waals surface area (Å²) < 4.78 is 5.95. The molecular weight excluding hydrogens is 420 g/mol. The molecule has 0 aliphatic carbocycles. The minimum atomic E-state index is -0.209. The van der Waals surface area contributed by atoms with E-state index >= 15 is 0 Å². The number of thiophene rings is 1. The zero-order chi connectivity index (χ0) is 21.8. The van der Waals surface area contributed by atoms with Gasteiger partial charge in [-0.1, -0.05) is 66.7 Å². The lowest BCUT2D eigenvalue weighted by atomic mass is 9.97. The molecule has 7 heteroatoms. The number of carbonyl (C=O) groups is 1. The number of aromatic nitrogens is 2. The number of piperidine rings is 1. The number of urea groups is 1. The lowest BCUT2D eigenvalue weighted by molar-refractivity contribution is 0.172. The van der Waals surface area contributed by atoms with E-state index in [0.717, 1.165) is 28.8 Å². The van der Waals surface area contributed by atoms with Crippen molar-refractivity contribution in [2.45, 2.75) is 24.8 Å². The van der Waals surface area contributed by atoms with Gasteiger partial charge < -0.3 is 14.6 Å². The van der Waals surface area contributed by atoms with Crippen molar-refractivity contribution in [3.63, 3.8) is 0 Å². The summed E-state index contributed by atoms with van der Waals surface area (Å²) in [6.45, 7) is 1.28. The molecule has 1 fully saturated rings. The summed E-state index contributed by atoms with van der Waals surface area (Å²) in [5.74, 6) is 1.20. The Labute approximate surface area is 190 Å². The molecule has 1 unspecified atom stereocenters. The number of hydrogen-bond donors (Lipinski definition) is 1. The molecule has 1 atom stereocenters. The van der Waals surface area contributed by atoms with Gasteiger partial charge in [-0.15, -0.1) is 21.5 Å². The summed E-state index contributed by atoms with van der Waals surface area (Å²) in [6, 6.07) is 23.8. The molecule has 0 bridgehead atoms. The Morgan fingerprint density at radius 2 is 1.72 bits per heavy atom. The van der Waals surface area contributed by atoms with Crippen LogP contribution in [-0.2, 0) is 0 Å². The van der Waals surface area contributed by atoms with Crippen LogP contribution in [0.25, 0.3) is 10.8 Å².